The maximum absolute atomic E-state index is 13.2. The van der Waals surface area contributed by atoms with Gasteiger partial charge in [-0.2, -0.15) is 0 Å². The summed E-state index contributed by atoms with van der Waals surface area (Å²) in [5, 5.41) is 3.65. The van der Waals surface area contributed by atoms with E-state index in [1.165, 1.54) is 33.6 Å². The molecule has 3 heteroatoms. The van der Waals surface area contributed by atoms with Crippen LogP contribution in [0.1, 0.15) is 56.1 Å². The van der Waals surface area contributed by atoms with Gasteiger partial charge in [0.2, 0.25) is 0 Å². The Kier molecular flexibility index (Phi) is 6.88. The first-order chi connectivity index (χ1) is 17.9. The molecule has 37 heavy (non-hydrogen) atoms. The average molecular weight is 489 g/mol. The Hall–Kier alpha value is -3.85. The van der Waals surface area contributed by atoms with Crippen molar-refractivity contribution in [2.45, 2.75) is 44.9 Å². The number of allylic oxidation sites excluding steroid dienone is 5. The van der Waals surface area contributed by atoms with Crippen molar-refractivity contribution in [1.82, 2.24) is 5.32 Å². The highest BCUT2D eigenvalue weighted by molar-refractivity contribution is 5.99. The second-order valence-corrected chi connectivity index (χ2v) is 10.4. The molecule has 2 unspecified atom stereocenters. The second kappa shape index (κ2) is 10.3. The molecular weight excluding hydrogens is 452 g/mol. The molecule has 5 rings (SSSR count). The molecule has 1 N–H and O–H groups in total. The van der Waals surface area contributed by atoms with Gasteiger partial charge in [0.25, 0.3) is 0 Å². The number of nitrogens with one attached hydrogen (secondary N) is 1. The summed E-state index contributed by atoms with van der Waals surface area (Å²) in [7, 11) is 4.13. The minimum Gasteiger partial charge on any atom is -0.378 e. The van der Waals surface area contributed by atoms with Crippen molar-refractivity contribution >= 4 is 11.5 Å². The smallest absolute Gasteiger partial charge is 0.161 e. The van der Waals surface area contributed by atoms with Crippen LogP contribution < -0.4 is 10.2 Å². The van der Waals surface area contributed by atoms with Crippen LogP contribution in [0.2, 0.25) is 0 Å². The van der Waals surface area contributed by atoms with Gasteiger partial charge in [-0.3, -0.25) is 4.79 Å². The molecule has 0 aromatic heterocycles. The number of Topliss-reactive ketones (excluding diaryl/α,β-unsaturated/α-hetero) is 1. The maximum atomic E-state index is 13.2. The van der Waals surface area contributed by atoms with Gasteiger partial charge in [0.05, 0.1) is 0 Å². The third-order valence-electron chi connectivity index (χ3n) is 7.82. The number of hydrogen-bond donors (Lipinski definition) is 1. The Labute approximate surface area is 221 Å². The zero-order valence-corrected chi connectivity index (χ0v) is 22.3. The van der Waals surface area contributed by atoms with Crippen molar-refractivity contribution in [3.63, 3.8) is 0 Å². The van der Waals surface area contributed by atoms with E-state index in [4.69, 9.17) is 0 Å². The van der Waals surface area contributed by atoms with Crippen LogP contribution in [0.25, 0.3) is 11.1 Å². The first kappa shape index (κ1) is 24.8. The quantitative estimate of drug-likeness (QED) is 0.385. The molecule has 3 aromatic rings. The van der Waals surface area contributed by atoms with Crippen molar-refractivity contribution in [3.8, 4) is 11.1 Å². The fourth-order valence-electron chi connectivity index (χ4n) is 5.87. The van der Waals surface area contributed by atoms with Crippen LogP contribution in [0.4, 0.5) is 5.69 Å². The minimum absolute atomic E-state index is 0.0851. The van der Waals surface area contributed by atoms with Gasteiger partial charge < -0.3 is 10.2 Å². The zero-order valence-electron chi connectivity index (χ0n) is 22.3. The molecule has 1 aliphatic heterocycles. The van der Waals surface area contributed by atoms with Crippen LogP contribution in [0.5, 0.6) is 0 Å². The van der Waals surface area contributed by atoms with Crippen LogP contribution >= 0.6 is 0 Å². The number of anilines is 1. The summed E-state index contributed by atoms with van der Waals surface area (Å²) < 4.78 is 0. The average Bonchev–Trinajstić information content (AvgIpc) is 2.92. The van der Waals surface area contributed by atoms with Crippen molar-refractivity contribution in [2.24, 2.45) is 0 Å². The van der Waals surface area contributed by atoms with Gasteiger partial charge in [-0.1, -0.05) is 80.2 Å². The monoisotopic (exact) mass is 488 g/mol. The van der Waals surface area contributed by atoms with E-state index in [-0.39, 0.29) is 11.7 Å². The third-order valence-corrected chi connectivity index (χ3v) is 7.82. The molecule has 1 aliphatic carbocycles. The van der Waals surface area contributed by atoms with Crippen LogP contribution in [0.3, 0.4) is 0 Å². The summed E-state index contributed by atoms with van der Waals surface area (Å²) in [6, 6.07) is 28.0. The van der Waals surface area contributed by atoms with Crippen LogP contribution in [0, 0.1) is 0 Å². The molecule has 3 nitrogen and oxygen atoms in total. The van der Waals surface area contributed by atoms with E-state index in [0.717, 1.165) is 35.2 Å². The number of benzene rings is 3. The van der Waals surface area contributed by atoms with Gasteiger partial charge in [0.1, 0.15) is 0 Å². The van der Waals surface area contributed by atoms with Crippen LogP contribution in [-0.2, 0) is 4.79 Å². The fraction of sp³-hybridized carbons (Fsp3) is 0.265. The van der Waals surface area contributed by atoms with E-state index in [1.54, 1.807) is 0 Å². The topological polar surface area (TPSA) is 32.3 Å². The Balaban J connectivity index is 1.53. The van der Waals surface area contributed by atoms with Gasteiger partial charge >= 0.3 is 0 Å². The third kappa shape index (κ3) is 4.79. The second-order valence-electron chi connectivity index (χ2n) is 10.4. The summed E-state index contributed by atoms with van der Waals surface area (Å²) in [6.45, 7) is 8.57. The molecule has 188 valence electrons. The first-order valence-corrected chi connectivity index (χ1v) is 13.2. The van der Waals surface area contributed by atoms with Crippen molar-refractivity contribution in [3.05, 3.63) is 125 Å². The highest BCUT2D eigenvalue weighted by Gasteiger charge is 2.38. The molecule has 0 bridgehead atoms. The highest BCUT2D eigenvalue weighted by atomic mass is 16.1. The predicted octanol–water partition coefficient (Wildman–Crippen LogP) is 7.75. The molecule has 0 spiro atoms. The number of carbonyl (C=O) groups excluding carboxylic acids is 1. The van der Waals surface area contributed by atoms with Gasteiger partial charge in [0.15, 0.2) is 5.78 Å². The van der Waals surface area contributed by atoms with Crippen molar-refractivity contribution < 1.29 is 4.79 Å². The maximum Gasteiger partial charge on any atom is 0.161 e. The van der Waals surface area contributed by atoms with Crippen LogP contribution in [-0.4, -0.2) is 19.9 Å². The first-order valence-electron chi connectivity index (χ1n) is 13.2. The number of ketones is 1. The Morgan fingerprint density at radius 1 is 0.892 bits per heavy atom. The lowest BCUT2D eigenvalue weighted by atomic mass is 9.69. The normalized spacial score (nSPS) is 19.4. The number of dihydropyridines is 1. The van der Waals surface area contributed by atoms with Crippen molar-refractivity contribution in [1.29, 1.82) is 0 Å². The summed E-state index contributed by atoms with van der Waals surface area (Å²) >= 11 is 0. The number of nitrogens with zero attached hydrogens (tertiary/aromatic N) is 1. The number of hydrogen-bond acceptors (Lipinski definition) is 3. The lowest BCUT2D eigenvalue weighted by Gasteiger charge is -2.39. The van der Waals surface area contributed by atoms with E-state index in [0.29, 0.717) is 12.3 Å². The largest absolute Gasteiger partial charge is 0.378 e. The standard InChI is InChI=1S/C34H36N2O/c1-6-31(37)33-23(3)35-30-21-28(26-16-18-29(19-17-26)36(4)5)20-22(2)32(30)34(33)27-14-12-25(13-15-27)24-10-8-7-9-11-24/h7-19,28,34-35H,2,6,20-21H2,1,3-5H3. The van der Waals surface area contributed by atoms with Gasteiger partial charge in [-0.05, 0) is 71.2 Å². The summed E-state index contributed by atoms with van der Waals surface area (Å²) in [6.07, 6.45) is 2.30. The molecule has 0 saturated heterocycles. The van der Waals surface area contributed by atoms with Gasteiger partial charge in [-0.25, -0.2) is 0 Å². The molecular formula is C34H36N2O. The molecule has 0 saturated carbocycles. The number of carbonyl (C=O) groups is 1. The van der Waals surface area contributed by atoms with Crippen molar-refractivity contribution in [2.75, 3.05) is 19.0 Å². The molecule has 2 aliphatic rings. The number of rotatable bonds is 6. The van der Waals surface area contributed by atoms with E-state index < -0.39 is 0 Å². The Bertz CT molecular complexity index is 1380. The van der Waals surface area contributed by atoms with Crippen LogP contribution in [0.15, 0.2) is 114 Å². The summed E-state index contributed by atoms with van der Waals surface area (Å²) in [5.41, 5.74) is 11.5. The lowest BCUT2D eigenvalue weighted by molar-refractivity contribution is -0.115. The van der Waals surface area contributed by atoms with E-state index in [1.807, 2.05) is 13.0 Å². The molecule has 1 heterocycles. The van der Waals surface area contributed by atoms with E-state index >= 15 is 0 Å². The molecule has 3 aromatic carbocycles. The Morgan fingerprint density at radius 2 is 1.51 bits per heavy atom. The van der Waals surface area contributed by atoms with E-state index in [9.17, 15) is 4.79 Å². The fourth-order valence-corrected chi connectivity index (χ4v) is 5.87. The minimum atomic E-state index is -0.0851. The Morgan fingerprint density at radius 3 is 2.14 bits per heavy atom. The SMILES string of the molecule is C=C1CC(c2ccc(N(C)C)cc2)CC2=C1C(c1ccc(-c3ccccc3)cc1)C(C(=O)CC)=C(C)N2. The summed E-state index contributed by atoms with van der Waals surface area (Å²) in [5.74, 6) is 0.480. The van der Waals surface area contributed by atoms with Gasteiger partial charge in [0, 0.05) is 49.1 Å². The zero-order chi connectivity index (χ0) is 26.1. The predicted molar refractivity (Wildman–Crippen MR) is 155 cm³/mol. The molecule has 0 fully saturated rings. The van der Waals surface area contributed by atoms with E-state index in [2.05, 4.69) is 111 Å². The van der Waals surface area contributed by atoms with Gasteiger partial charge in [-0.15, -0.1) is 0 Å². The molecule has 0 radical (unpaired) electrons. The summed E-state index contributed by atoms with van der Waals surface area (Å²) in [4.78, 5) is 15.4. The highest BCUT2D eigenvalue weighted by Crippen LogP contribution is 2.49. The molecule has 0 amide bonds. The lowest BCUT2D eigenvalue weighted by Crippen LogP contribution is -2.32. The molecule has 2 atom stereocenters.